The topological polar surface area (TPSA) is 43.6 Å². The van der Waals surface area contributed by atoms with Crippen LogP contribution in [0.2, 0.25) is 0 Å². The Kier molecular flexibility index (Phi) is 3.45. The van der Waals surface area contributed by atoms with Gasteiger partial charge in [-0.05, 0) is 16.0 Å². The molecule has 4 heteroatoms. The fourth-order valence-corrected chi connectivity index (χ4v) is 2.01. The zero-order valence-corrected chi connectivity index (χ0v) is 11.5. The van der Waals surface area contributed by atoms with Gasteiger partial charge in [-0.25, -0.2) is 4.68 Å². The Morgan fingerprint density at radius 3 is 2.44 bits per heavy atom. The predicted molar refractivity (Wildman–Crippen MR) is 71.4 cm³/mol. The minimum Gasteiger partial charge on any atom is -0.228 e. The summed E-state index contributed by atoms with van der Waals surface area (Å²) >= 11 is 0. The smallest absolute Gasteiger partial charge is 0.156 e. The molecule has 0 saturated carbocycles. The summed E-state index contributed by atoms with van der Waals surface area (Å²) in [6.07, 6.45) is 0. The number of benzene rings is 1. The van der Waals surface area contributed by atoms with Crippen molar-refractivity contribution in [3.63, 3.8) is 0 Å². The molecule has 1 aromatic carbocycles. The summed E-state index contributed by atoms with van der Waals surface area (Å²) in [6.45, 7) is 9.39. The molecule has 0 N–H and O–H groups in total. The van der Waals surface area contributed by atoms with Crippen LogP contribution in [0.15, 0.2) is 30.3 Å². The lowest BCUT2D eigenvalue weighted by Gasteiger charge is -2.19. The maximum absolute atomic E-state index is 4.14. The van der Waals surface area contributed by atoms with Crippen LogP contribution in [0, 0.1) is 0 Å². The second kappa shape index (κ2) is 4.88. The van der Waals surface area contributed by atoms with Crippen LogP contribution in [0.1, 0.15) is 45.0 Å². The third-order valence-corrected chi connectivity index (χ3v) is 3.02. The highest BCUT2D eigenvalue weighted by Gasteiger charge is 2.22. The van der Waals surface area contributed by atoms with Crippen LogP contribution < -0.4 is 0 Å². The number of rotatable bonds is 3. The molecule has 18 heavy (non-hydrogen) atoms. The normalized spacial score (nSPS) is 13.6. The van der Waals surface area contributed by atoms with Gasteiger partial charge >= 0.3 is 0 Å². The fourth-order valence-electron chi connectivity index (χ4n) is 2.01. The molecular formula is C14H20N4. The van der Waals surface area contributed by atoms with Gasteiger partial charge in [-0.1, -0.05) is 58.0 Å². The minimum atomic E-state index is -0.0279. The SMILES string of the molecule is C[C@H](Cn1nnnc1C(C)(C)C)c1ccccc1. The maximum atomic E-state index is 4.14. The third-order valence-electron chi connectivity index (χ3n) is 3.02. The lowest BCUT2D eigenvalue weighted by Crippen LogP contribution is -2.21. The van der Waals surface area contributed by atoms with Gasteiger partial charge in [-0.2, -0.15) is 0 Å². The molecule has 1 heterocycles. The molecule has 96 valence electrons. The van der Waals surface area contributed by atoms with Gasteiger partial charge in [0.15, 0.2) is 5.82 Å². The first-order valence-corrected chi connectivity index (χ1v) is 6.30. The average molecular weight is 244 g/mol. The van der Waals surface area contributed by atoms with E-state index in [1.165, 1.54) is 5.56 Å². The molecule has 1 aromatic heterocycles. The van der Waals surface area contributed by atoms with Gasteiger partial charge < -0.3 is 0 Å². The van der Waals surface area contributed by atoms with Gasteiger partial charge in [0, 0.05) is 11.3 Å². The van der Waals surface area contributed by atoms with Crippen LogP contribution in [0.4, 0.5) is 0 Å². The number of nitrogens with zero attached hydrogens (tertiary/aromatic N) is 4. The molecule has 0 radical (unpaired) electrons. The molecular weight excluding hydrogens is 224 g/mol. The standard InChI is InChI=1S/C14H20N4/c1-11(12-8-6-5-7-9-12)10-18-13(14(2,3)4)15-16-17-18/h5-9,11H,10H2,1-4H3/t11-/m1/s1. The van der Waals surface area contributed by atoms with Gasteiger partial charge in [0.2, 0.25) is 0 Å². The molecule has 0 spiro atoms. The molecule has 0 aliphatic rings. The molecule has 0 fully saturated rings. The van der Waals surface area contributed by atoms with E-state index in [2.05, 4.69) is 67.5 Å². The highest BCUT2D eigenvalue weighted by molar-refractivity contribution is 5.18. The Morgan fingerprint density at radius 1 is 1.17 bits per heavy atom. The Hall–Kier alpha value is -1.71. The van der Waals surface area contributed by atoms with Crippen LogP contribution in [0.3, 0.4) is 0 Å². The van der Waals surface area contributed by atoms with Gasteiger partial charge in [0.05, 0.1) is 6.54 Å². The third kappa shape index (κ3) is 2.75. The van der Waals surface area contributed by atoms with Crippen molar-refractivity contribution in [2.45, 2.75) is 45.6 Å². The summed E-state index contributed by atoms with van der Waals surface area (Å²) in [6, 6.07) is 10.5. The second-order valence-electron chi connectivity index (χ2n) is 5.75. The molecule has 0 aliphatic heterocycles. The van der Waals surface area contributed by atoms with E-state index in [4.69, 9.17) is 0 Å². The lowest BCUT2D eigenvalue weighted by atomic mass is 9.95. The van der Waals surface area contributed by atoms with Crippen LogP contribution >= 0.6 is 0 Å². The Balaban J connectivity index is 2.18. The Labute approximate surface area is 108 Å². The van der Waals surface area contributed by atoms with E-state index in [9.17, 15) is 0 Å². The number of aromatic nitrogens is 4. The first kappa shape index (κ1) is 12.7. The Morgan fingerprint density at radius 2 is 1.83 bits per heavy atom. The van der Waals surface area contributed by atoms with Crippen molar-refractivity contribution in [2.75, 3.05) is 0 Å². The monoisotopic (exact) mass is 244 g/mol. The van der Waals surface area contributed by atoms with Gasteiger partial charge in [-0.15, -0.1) is 5.10 Å². The van der Waals surface area contributed by atoms with Crippen molar-refractivity contribution in [1.29, 1.82) is 0 Å². The van der Waals surface area contributed by atoms with Crippen LogP contribution in [0.5, 0.6) is 0 Å². The van der Waals surface area contributed by atoms with Gasteiger partial charge in [-0.3, -0.25) is 0 Å². The van der Waals surface area contributed by atoms with Crippen LogP contribution in [0.25, 0.3) is 0 Å². The molecule has 2 rings (SSSR count). The molecule has 0 saturated heterocycles. The predicted octanol–water partition coefficient (Wildman–Crippen LogP) is 2.77. The molecule has 4 nitrogen and oxygen atoms in total. The zero-order valence-electron chi connectivity index (χ0n) is 11.5. The van der Waals surface area contributed by atoms with Crippen molar-refractivity contribution in [2.24, 2.45) is 0 Å². The van der Waals surface area contributed by atoms with Crippen molar-refractivity contribution in [3.8, 4) is 0 Å². The molecule has 1 atom stereocenters. The first-order chi connectivity index (χ1) is 8.48. The quantitative estimate of drug-likeness (QED) is 0.834. The van der Waals surface area contributed by atoms with E-state index >= 15 is 0 Å². The molecule has 0 unspecified atom stereocenters. The average Bonchev–Trinajstić information content (AvgIpc) is 2.78. The van der Waals surface area contributed by atoms with Crippen LogP contribution in [-0.2, 0) is 12.0 Å². The summed E-state index contributed by atoms with van der Waals surface area (Å²) in [7, 11) is 0. The lowest BCUT2D eigenvalue weighted by molar-refractivity contribution is 0.447. The summed E-state index contributed by atoms with van der Waals surface area (Å²) in [5, 5.41) is 12.0. The summed E-state index contributed by atoms with van der Waals surface area (Å²) in [5.74, 6) is 1.33. The molecule has 0 amide bonds. The zero-order chi connectivity index (χ0) is 13.2. The van der Waals surface area contributed by atoms with E-state index in [0.717, 1.165) is 12.4 Å². The van der Waals surface area contributed by atoms with Gasteiger partial charge in [0.25, 0.3) is 0 Å². The highest BCUT2D eigenvalue weighted by Crippen LogP contribution is 2.22. The van der Waals surface area contributed by atoms with Gasteiger partial charge in [0.1, 0.15) is 0 Å². The molecule has 0 bridgehead atoms. The summed E-state index contributed by atoms with van der Waals surface area (Å²) in [5.41, 5.74) is 1.28. The summed E-state index contributed by atoms with van der Waals surface area (Å²) in [4.78, 5) is 0. The maximum Gasteiger partial charge on any atom is 0.156 e. The highest BCUT2D eigenvalue weighted by atomic mass is 15.5. The fraction of sp³-hybridized carbons (Fsp3) is 0.500. The van der Waals surface area contributed by atoms with Crippen LogP contribution in [-0.4, -0.2) is 20.2 Å². The first-order valence-electron chi connectivity index (χ1n) is 6.30. The van der Waals surface area contributed by atoms with Crippen molar-refractivity contribution in [1.82, 2.24) is 20.2 Å². The Bertz CT molecular complexity index is 496. The van der Waals surface area contributed by atoms with E-state index in [1.807, 2.05) is 10.7 Å². The minimum absolute atomic E-state index is 0.0279. The number of hydrogen-bond donors (Lipinski definition) is 0. The second-order valence-corrected chi connectivity index (χ2v) is 5.75. The summed E-state index contributed by atoms with van der Waals surface area (Å²) < 4.78 is 1.91. The molecule has 0 aliphatic carbocycles. The van der Waals surface area contributed by atoms with E-state index in [1.54, 1.807) is 0 Å². The molecule has 2 aromatic rings. The van der Waals surface area contributed by atoms with Crippen molar-refractivity contribution >= 4 is 0 Å². The largest absolute Gasteiger partial charge is 0.228 e. The number of tetrazole rings is 1. The van der Waals surface area contributed by atoms with Crippen molar-refractivity contribution < 1.29 is 0 Å². The van der Waals surface area contributed by atoms with E-state index < -0.39 is 0 Å². The van der Waals surface area contributed by atoms with Crippen molar-refractivity contribution in [3.05, 3.63) is 41.7 Å². The van der Waals surface area contributed by atoms with E-state index in [0.29, 0.717) is 5.92 Å². The number of hydrogen-bond acceptors (Lipinski definition) is 3. The van der Waals surface area contributed by atoms with E-state index in [-0.39, 0.29) is 5.41 Å².